The molecule has 8 nitrogen and oxygen atoms in total. The van der Waals surface area contributed by atoms with Gasteiger partial charge in [-0.15, -0.1) is 17.9 Å². The minimum Gasteiger partial charge on any atom is -0.379 e. The molecule has 1 aromatic carbocycles. The molecular weight excluding hydrogens is 424 g/mol. The van der Waals surface area contributed by atoms with Crippen LogP contribution in [0.3, 0.4) is 0 Å². The Kier molecular flexibility index (Phi) is 7.24. The number of nitrogens with one attached hydrogen (secondary N) is 1. The number of likely N-dealkylation sites (N-methyl/N-ethyl adjacent to an activating group) is 1. The fourth-order valence-electron chi connectivity index (χ4n) is 3.11. The number of hydrogen-bond acceptors (Lipinski definition) is 7. The topological polar surface area (TPSA) is 91.8 Å². The van der Waals surface area contributed by atoms with Gasteiger partial charge < -0.3 is 9.64 Å². The maximum atomic E-state index is 13.1. The number of carbonyl (C=O) groups excluding carboxylic acids is 1. The number of hydrogen-bond donors (Lipinski definition) is 1. The van der Waals surface area contributed by atoms with E-state index in [0.717, 1.165) is 11.3 Å². The number of rotatable bonds is 8. The molecular formula is C20H26N4O4S2. The summed E-state index contributed by atoms with van der Waals surface area (Å²) in [7, 11) is -1.90. The summed E-state index contributed by atoms with van der Waals surface area (Å²) in [5.74, 6) is -0.406. The van der Waals surface area contributed by atoms with Crippen LogP contribution in [0.2, 0.25) is 0 Å². The molecule has 10 heteroatoms. The van der Waals surface area contributed by atoms with Gasteiger partial charge in [0.1, 0.15) is 0 Å². The molecule has 0 spiro atoms. The van der Waals surface area contributed by atoms with Crippen LogP contribution in [-0.4, -0.2) is 63.5 Å². The highest BCUT2D eigenvalue weighted by Gasteiger charge is 2.28. The van der Waals surface area contributed by atoms with Gasteiger partial charge >= 0.3 is 0 Å². The van der Waals surface area contributed by atoms with Crippen LogP contribution in [0.1, 0.15) is 22.2 Å². The third-order valence-electron chi connectivity index (χ3n) is 4.76. The normalized spacial score (nSPS) is 15.0. The lowest BCUT2D eigenvalue weighted by Crippen LogP contribution is -2.40. The van der Waals surface area contributed by atoms with E-state index in [9.17, 15) is 13.2 Å². The van der Waals surface area contributed by atoms with Gasteiger partial charge in [-0.05, 0) is 24.6 Å². The maximum Gasteiger partial charge on any atom is 0.259 e. The summed E-state index contributed by atoms with van der Waals surface area (Å²) in [6.07, 6.45) is 4.27. The van der Waals surface area contributed by atoms with E-state index in [4.69, 9.17) is 4.74 Å². The van der Waals surface area contributed by atoms with Crippen LogP contribution < -0.4 is 10.2 Å². The lowest BCUT2D eigenvalue weighted by Gasteiger charge is -2.27. The van der Waals surface area contributed by atoms with Gasteiger partial charge in [0, 0.05) is 43.4 Å². The first-order valence-electron chi connectivity index (χ1n) is 9.66. The fraction of sp³-hybridized carbons (Fsp3) is 0.400. The van der Waals surface area contributed by atoms with Gasteiger partial charge in [-0.25, -0.2) is 13.4 Å². The highest BCUT2D eigenvalue weighted by atomic mass is 32.2. The SMILES string of the molecule is C=CCN(C)c1ccc(S(=O)(=O)N2CCOCC2)cc1C(=O)Nc1ncc(CC)s1. The molecule has 1 aliphatic rings. The second-order valence-corrected chi connectivity index (χ2v) is 9.86. The Morgan fingerprint density at radius 3 is 2.77 bits per heavy atom. The third kappa shape index (κ3) is 4.89. The van der Waals surface area contributed by atoms with E-state index >= 15 is 0 Å². The summed E-state index contributed by atoms with van der Waals surface area (Å²) in [6.45, 7) is 7.56. The van der Waals surface area contributed by atoms with Crippen molar-refractivity contribution < 1.29 is 17.9 Å². The molecule has 0 aliphatic carbocycles. The van der Waals surface area contributed by atoms with Crippen LogP contribution in [-0.2, 0) is 21.2 Å². The van der Waals surface area contributed by atoms with Crippen molar-refractivity contribution in [3.05, 3.63) is 47.5 Å². The largest absolute Gasteiger partial charge is 0.379 e. The Labute approximate surface area is 181 Å². The number of nitrogens with zero attached hydrogens (tertiary/aromatic N) is 3. The van der Waals surface area contributed by atoms with E-state index in [1.807, 2.05) is 18.9 Å². The van der Waals surface area contributed by atoms with Gasteiger partial charge in [0.15, 0.2) is 5.13 Å². The van der Waals surface area contributed by atoms with E-state index in [2.05, 4.69) is 16.9 Å². The smallest absolute Gasteiger partial charge is 0.259 e. The minimum atomic E-state index is -3.72. The molecule has 0 saturated carbocycles. The van der Waals surface area contributed by atoms with Crippen molar-refractivity contribution in [1.29, 1.82) is 0 Å². The van der Waals surface area contributed by atoms with E-state index in [1.54, 1.807) is 18.3 Å². The molecule has 1 N–H and O–H groups in total. The lowest BCUT2D eigenvalue weighted by molar-refractivity contribution is 0.0730. The number of sulfonamides is 1. The van der Waals surface area contributed by atoms with Crippen LogP contribution in [0, 0.1) is 0 Å². The van der Waals surface area contributed by atoms with Gasteiger partial charge in [0.05, 0.1) is 23.7 Å². The Bertz CT molecular complexity index is 1010. The zero-order chi connectivity index (χ0) is 21.7. The Balaban J connectivity index is 1.97. The van der Waals surface area contributed by atoms with Gasteiger partial charge in [-0.1, -0.05) is 13.0 Å². The predicted octanol–water partition coefficient (Wildman–Crippen LogP) is 2.60. The summed E-state index contributed by atoms with van der Waals surface area (Å²) in [4.78, 5) is 20.3. The predicted molar refractivity (Wildman–Crippen MR) is 119 cm³/mol. The van der Waals surface area contributed by atoms with Gasteiger partial charge in [-0.2, -0.15) is 4.31 Å². The number of anilines is 2. The van der Waals surface area contributed by atoms with Crippen LogP contribution in [0.4, 0.5) is 10.8 Å². The van der Waals surface area contributed by atoms with Crippen molar-refractivity contribution in [3.8, 4) is 0 Å². The number of ether oxygens (including phenoxy) is 1. The average molecular weight is 451 g/mol. The standard InChI is InChI=1S/C20H26N4O4S2/c1-4-8-23(3)18-7-6-16(30(26,27)24-9-11-28-12-10-24)13-17(18)19(25)22-20-21-14-15(5-2)29-20/h4,6-7,13-14H,1,5,8-12H2,2-3H3,(H,21,22,25). The summed E-state index contributed by atoms with van der Waals surface area (Å²) < 4.78 is 32.8. The van der Waals surface area contributed by atoms with Crippen LogP contribution in [0.5, 0.6) is 0 Å². The molecule has 1 fully saturated rings. The highest BCUT2D eigenvalue weighted by Crippen LogP contribution is 2.27. The number of thiazole rings is 1. The van der Waals surface area contributed by atoms with Crippen molar-refractivity contribution in [1.82, 2.24) is 9.29 Å². The molecule has 3 rings (SSSR count). The Morgan fingerprint density at radius 1 is 1.40 bits per heavy atom. The number of morpholine rings is 1. The summed E-state index contributed by atoms with van der Waals surface area (Å²) in [5.41, 5.74) is 0.877. The molecule has 2 heterocycles. The summed E-state index contributed by atoms with van der Waals surface area (Å²) in [5, 5.41) is 3.28. The average Bonchev–Trinajstić information content (AvgIpc) is 3.21. The zero-order valence-corrected chi connectivity index (χ0v) is 18.8. The molecule has 0 radical (unpaired) electrons. The lowest BCUT2D eigenvalue weighted by atomic mass is 10.1. The van der Waals surface area contributed by atoms with Crippen LogP contribution in [0.15, 0.2) is 41.9 Å². The van der Waals surface area contributed by atoms with Crippen molar-refractivity contribution in [3.63, 3.8) is 0 Å². The van der Waals surface area contributed by atoms with E-state index < -0.39 is 15.9 Å². The van der Waals surface area contributed by atoms with E-state index in [1.165, 1.54) is 27.8 Å². The molecule has 1 aliphatic heterocycles. The van der Waals surface area contributed by atoms with Gasteiger partial charge in [0.2, 0.25) is 10.0 Å². The zero-order valence-electron chi connectivity index (χ0n) is 17.1. The van der Waals surface area contributed by atoms with Gasteiger partial charge in [-0.3, -0.25) is 10.1 Å². The number of aromatic nitrogens is 1. The number of carbonyl (C=O) groups is 1. The fourth-order valence-corrected chi connectivity index (χ4v) is 5.29. The monoisotopic (exact) mass is 450 g/mol. The molecule has 1 aromatic heterocycles. The Morgan fingerprint density at radius 2 is 2.13 bits per heavy atom. The molecule has 2 aromatic rings. The van der Waals surface area contributed by atoms with Crippen LogP contribution in [0.25, 0.3) is 0 Å². The first-order valence-corrected chi connectivity index (χ1v) is 11.9. The molecule has 0 atom stereocenters. The van der Waals surface area contributed by atoms with E-state index in [0.29, 0.717) is 43.7 Å². The first kappa shape index (κ1) is 22.4. The number of amides is 1. The van der Waals surface area contributed by atoms with E-state index in [-0.39, 0.29) is 10.5 Å². The number of benzene rings is 1. The second-order valence-electron chi connectivity index (χ2n) is 6.80. The molecule has 0 bridgehead atoms. The van der Waals surface area contributed by atoms with Crippen molar-refractivity contribution in [2.75, 3.05) is 50.1 Å². The molecule has 1 saturated heterocycles. The maximum absolute atomic E-state index is 13.1. The molecule has 30 heavy (non-hydrogen) atoms. The third-order valence-corrected chi connectivity index (χ3v) is 7.71. The number of aryl methyl sites for hydroxylation is 1. The molecule has 162 valence electrons. The highest BCUT2D eigenvalue weighted by molar-refractivity contribution is 7.89. The molecule has 0 unspecified atom stereocenters. The minimum absolute atomic E-state index is 0.0821. The first-order chi connectivity index (χ1) is 14.4. The molecule has 1 amide bonds. The van der Waals surface area contributed by atoms with Crippen molar-refractivity contribution in [2.24, 2.45) is 0 Å². The van der Waals surface area contributed by atoms with Gasteiger partial charge in [0.25, 0.3) is 5.91 Å². The summed E-state index contributed by atoms with van der Waals surface area (Å²) >= 11 is 1.40. The quantitative estimate of drug-likeness (QED) is 0.622. The van der Waals surface area contributed by atoms with Crippen LogP contribution >= 0.6 is 11.3 Å². The second kappa shape index (κ2) is 9.69. The summed E-state index contributed by atoms with van der Waals surface area (Å²) in [6, 6.07) is 4.63. The van der Waals surface area contributed by atoms with Crippen molar-refractivity contribution >= 4 is 38.1 Å². The Hall–Kier alpha value is -2.27. The van der Waals surface area contributed by atoms with Crippen molar-refractivity contribution in [2.45, 2.75) is 18.2 Å².